The molecule has 1 atom stereocenters. The zero-order valence-electron chi connectivity index (χ0n) is 8.47. The van der Waals surface area contributed by atoms with E-state index >= 15 is 0 Å². The Kier molecular flexibility index (Phi) is 5.12. The van der Waals surface area contributed by atoms with Gasteiger partial charge in [-0.2, -0.15) is 0 Å². The van der Waals surface area contributed by atoms with E-state index in [9.17, 15) is 4.79 Å². The second-order valence-electron chi connectivity index (χ2n) is 3.25. The molecule has 0 fully saturated rings. The van der Waals surface area contributed by atoms with Gasteiger partial charge < -0.3 is 5.32 Å². The van der Waals surface area contributed by atoms with Crippen LogP contribution in [0.25, 0.3) is 0 Å². The molecule has 0 unspecified atom stereocenters. The fourth-order valence-electron chi connectivity index (χ4n) is 1.30. The zero-order valence-corrected chi connectivity index (χ0v) is 10.8. The predicted octanol–water partition coefficient (Wildman–Crippen LogP) is 3.30. The molecule has 1 rings (SSSR count). The Labute approximate surface area is 103 Å². The average Bonchev–Trinajstić information content (AvgIpc) is 2.18. The first-order valence-electron chi connectivity index (χ1n) is 4.75. The fourth-order valence-corrected chi connectivity index (χ4v) is 1.96. The summed E-state index contributed by atoms with van der Waals surface area (Å²) in [6.07, 6.45) is 0.481. The smallest absolute Gasteiger partial charge is 0.221 e. The molecule has 0 radical (unpaired) electrons. The van der Waals surface area contributed by atoms with Gasteiger partial charge in [0.1, 0.15) is 0 Å². The Morgan fingerprint density at radius 3 is 2.80 bits per heavy atom. The van der Waals surface area contributed by atoms with Gasteiger partial charge in [-0.3, -0.25) is 4.79 Å². The van der Waals surface area contributed by atoms with Crippen LogP contribution in [0.3, 0.4) is 0 Å². The highest BCUT2D eigenvalue weighted by Crippen LogP contribution is 2.21. The summed E-state index contributed by atoms with van der Waals surface area (Å²) in [6, 6.07) is 7.48. The lowest BCUT2D eigenvalue weighted by Crippen LogP contribution is -2.26. The summed E-state index contributed by atoms with van der Waals surface area (Å²) in [7, 11) is 0. The van der Waals surface area contributed by atoms with Crippen LogP contribution in [0, 0.1) is 0 Å². The van der Waals surface area contributed by atoms with E-state index in [1.807, 2.05) is 31.2 Å². The normalized spacial score (nSPS) is 12.2. The number of amides is 1. The number of carbonyl (C=O) groups is 1. The molecule has 0 spiro atoms. The van der Waals surface area contributed by atoms with Gasteiger partial charge in [0.25, 0.3) is 0 Å². The first kappa shape index (κ1) is 12.5. The molecule has 0 aromatic heterocycles. The van der Waals surface area contributed by atoms with Crippen molar-refractivity contribution in [1.29, 1.82) is 0 Å². The van der Waals surface area contributed by atoms with Crippen molar-refractivity contribution in [2.75, 3.05) is 5.33 Å². The predicted molar refractivity (Wildman–Crippen MR) is 66.4 cm³/mol. The molecule has 1 aromatic rings. The molecule has 0 saturated carbocycles. The van der Waals surface area contributed by atoms with Gasteiger partial charge in [0.05, 0.1) is 6.04 Å². The van der Waals surface area contributed by atoms with Crippen molar-refractivity contribution in [2.45, 2.75) is 19.4 Å². The lowest BCUT2D eigenvalue weighted by molar-refractivity contribution is -0.121. The molecule has 0 saturated heterocycles. The van der Waals surface area contributed by atoms with E-state index in [1.165, 1.54) is 0 Å². The van der Waals surface area contributed by atoms with Crippen LogP contribution >= 0.6 is 27.5 Å². The Bertz CT molecular complexity index is 343. The summed E-state index contributed by atoms with van der Waals surface area (Å²) in [6.45, 7) is 1.92. The first-order chi connectivity index (χ1) is 7.15. The number of halogens is 2. The largest absolute Gasteiger partial charge is 0.350 e. The van der Waals surface area contributed by atoms with Crippen LogP contribution in [0.2, 0.25) is 5.02 Å². The van der Waals surface area contributed by atoms with Crippen LogP contribution in [0.4, 0.5) is 0 Å². The molecule has 0 aliphatic carbocycles. The molecule has 1 aromatic carbocycles. The Morgan fingerprint density at radius 1 is 1.53 bits per heavy atom. The number of carbonyl (C=O) groups excluding carboxylic acids is 1. The third kappa shape index (κ3) is 3.84. The van der Waals surface area contributed by atoms with Crippen LogP contribution in [0.15, 0.2) is 24.3 Å². The molecular formula is C11H13BrClNO. The maximum Gasteiger partial charge on any atom is 0.221 e. The van der Waals surface area contributed by atoms with E-state index in [0.29, 0.717) is 16.8 Å². The minimum atomic E-state index is -0.0507. The lowest BCUT2D eigenvalue weighted by Gasteiger charge is -2.15. The van der Waals surface area contributed by atoms with E-state index in [-0.39, 0.29) is 11.9 Å². The van der Waals surface area contributed by atoms with Gasteiger partial charge in [-0.25, -0.2) is 0 Å². The second-order valence-corrected chi connectivity index (χ2v) is 4.45. The maximum atomic E-state index is 11.4. The molecular weight excluding hydrogens is 277 g/mol. The highest BCUT2D eigenvalue weighted by molar-refractivity contribution is 9.09. The van der Waals surface area contributed by atoms with Gasteiger partial charge in [-0.15, -0.1) is 0 Å². The van der Waals surface area contributed by atoms with Gasteiger partial charge in [0.2, 0.25) is 5.91 Å². The number of nitrogens with one attached hydrogen (secondary N) is 1. The molecule has 0 bridgehead atoms. The SMILES string of the molecule is C[C@H](NC(=O)CCBr)c1ccccc1Cl. The van der Waals surface area contributed by atoms with Gasteiger partial charge in [-0.1, -0.05) is 45.7 Å². The summed E-state index contributed by atoms with van der Waals surface area (Å²) in [5.74, 6) is 0.0271. The van der Waals surface area contributed by atoms with E-state index in [0.717, 1.165) is 5.56 Å². The van der Waals surface area contributed by atoms with Crippen LogP contribution in [0.1, 0.15) is 24.9 Å². The highest BCUT2D eigenvalue weighted by atomic mass is 79.9. The van der Waals surface area contributed by atoms with Gasteiger partial charge >= 0.3 is 0 Å². The van der Waals surface area contributed by atoms with E-state index in [1.54, 1.807) is 0 Å². The van der Waals surface area contributed by atoms with Crippen molar-refractivity contribution in [3.63, 3.8) is 0 Å². The van der Waals surface area contributed by atoms with Crippen LogP contribution in [0.5, 0.6) is 0 Å². The van der Waals surface area contributed by atoms with Crippen molar-refractivity contribution in [3.05, 3.63) is 34.9 Å². The third-order valence-electron chi connectivity index (χ3n) is 2.07. The number of benzene rings is 1. The lowest BCUT2D eigenvalue weighted by atomic mass is 10.1. The van der Waals surface area contributed by atoms with Crippen LogP contribution in [-0.4, -0.2) is 11.2 Å². The quantitative estimate of drug-likeness (QED) is 0.847. The highest BCUT2D eigenvalue weighted by Gasteiger charge is 2.11. The van der Waals surface area contributed by atoms with Crippen molar-refractivity contribution in [1.82, 2.24) is 5.32 Å². The summed E-state index contributed by atoms with van der Waals surface area (Å²) in [5, 5.41) is 4.24. The van der Waals surface area contributed by atoms with Crippen LogP contribution in [-0.2, 0) is 4.79 Å². The molecule has 0 aliphatic heterocycles. The molecule has 82 valence electrons. The number of hydrogen-bond donors (Lipinski definition) is 1. The van der Waals surface area contributed by atoms with Gasteiger partial charge in [-0.05, 0) is 18.6 Å². The van der Waals surface area contributed by atoms with E-state index in [4.69, 9.17) is 11.6 Å². The Hall–Kier alpha value is -0.540. The number of alkyl halides is 1. The molecule has 15 heavy (non-hydrogen) atoms. The van der Waals surface area contributed by atoms with Crippen LogP contribution < -0.4 is 5.32 Å². The minimum Gasteiger partial charge on any atom is -0.350 e. The fraction of sp³-hybridized carbons (Fsp3) is 0.364. The van der Waals surface area contributed by atoms with Crippen molar-refractivity contribution in [3.8, 4) is 0 Å². The summed E-state index contributed by atoms with van der Waals surface area (Å²) >= 11 is 9.24. The van der Waals surface area contributed by atoms with Gasteiger partial charge in [0, 0.05) is 16.8 Å². The summed E-state index contributed by atoms with van der Waals surface area (Å²) in [5.41, 5.74) is 0.946. The third-order valence-corrected chi connectivity index (χ3v) is 2.81. The number of hydrogen-bond acceptors (Lipinski definition) is 1. The van der Waals surface area contributed by atoms with E-state index < -0.39 is 0 Å². The zero-order chi connectivity index (χ0) is 11.3. The summed E-state index contributed by atoms with van der Waals surface area (Å²) < 4.78 is 0. The average molecular weight is 291 g/mol. The van der Waals surface area contributed by atoms with Crippen molar-refractivity contribution >= 4 is 33.4 Å². The molecule has 0 heterocycles. The maximum absolute atomic E-state index is 11.4. The molecule has 1 N–H and O–H groups in total. The molecule has 4 heteroatoms. The van der Waals surface area contributed by atoms with Gasteiger partial charge in [0.15, 0.2) is 0 Å². The standard InChI is InChI=1S/C11H13BrClNO/c1-8(14-11(15)6-7-12)9-4-2-3-5-10(9)13/h2-5,8H,6-7H2,1H3,(H,14,15)/t8-/m0/s1. The Morgan fingerprint density at radius 2 is 2.20 bits per heavy atom. The molecule has 1 amide bonds. The number of rotatable bonds is 4. The monoisotopic (exact) mass is 289 g/mol. The molecule has 0 aliphatic rings. The minimum absolute atomic E-state index is 0.0271. The van der Waals surface area contributed by atoms with Crippen molar-refractivity contribution < 1.29 is 4.79 Å². The Balaban J connectivity index is 2.65. The topological polar surface area (TPSA) is 29.1 Å². The molecule has 2 nitrogen and oxygen atoms in total. The first-order valence-corrected chi connectivity index (χ1v) is 6.25. The second kappa shape index (κ2) is 6.13. The van der Waals surface area contributed by atoms with E-state index in [2.05, 4.69) is 21.2 Å². The van der Waals surface area contributed by atoms with Crippen molar-refractivity contribution in [2.24, 2.45) is 0 Å². The summed E-state index contributed by atoms with van der Waals surface area (Å²) in [4.78, 5) is 11.4.